The number of nitrogens with one attached hydrogen (secondary N) is 2. The average Bonchev–Trinajstić information content (AvgIpc) is 3.59. The minimum Gasteiger partial charge on any atom is -0.490 e. The predicted octanol–water partition coefficient (Wildman–Crippen LogP) is 7.12. The van der Waals surface area contributed by atoms with Crippen LogP contribution in [0.4, 0.5) is 5.13 Å². The van der Waals surface area contributed by atoms with Gasteiger partial charge in [-0.15, -0.1) is 11.3 Å². The highest BCUT2D eigenvalue weighted by atomic mass is 32.1. The van der Waals surface area contributed by atoms with E-state index in [2.05, 4.69) is 35.2 Å². The second kappa shape index (κ2) is 19.2. The lowest BCUT2D eigenvalue weighted by Crippen LogP contribution is -2.21. The van der Waals surface area contributed by atoms with Gasteiger partial charge in [-0.1, -0.05) is 70.2 Å². The molecule has 2 amide bonds. The molecule has 1 aromatic carbocycles. The van der Waals surface area contributed by atoms with Gasteiger partial charge in [-0.3, -0.25) is 9.59 Å². The van der Waals surface area contributed by atoms with E-state index in [1.54, 1.807) is 12.3 Å². The lowest BCUT2D eigenvalue weighted by atomic mass is 10.1. The van der Waals surface area contributed by atoms with Gasteiger partial charge in [0.25, 0.3) is 5.91 Å². The summed E-state index contributed by atoms with van der Waals surface area (Å²) < 4.78 is 7.53. The van der Waals surface area contributed by atoms with E-state index in [1.165, 1.54) is 11.3 Å². The Balaban J connectivity index is 0.000000463. The van der Waals surface area contributed by atoms with Crippen molar-refractivity contribution in [1.29, 1.82) is 0 Å². The summed E-state index contributed by atoms with van der Waals surface area (Å²) in [4.78, 5) is 26.0. The Bertz CT molecular complexity index is 1180. The molecule has 0 aliphatic carbocycles. The van der Waals surface area contributed by atoms with E-state index < -0.39 is 0 Å². The number of rotatable bonds is 12. The molecule has 3 rings (SSSR count). The van der Waals surface area contributed by atoms with Crippen LogP contribution in [0.15, 0.2) is 84.7 Å². The van der Waals surface area contributed by atoms with Crippen molar-refractivity contribution in [2.24, 2.45) is 7.05 Å². The van der Waals surface area contributed by atoms with Crippen molar-refractivity contribution in [1.82, 2.24) is 14.9 Å². The van der Waals surface area contributed by atoms with Crippen LogP contribution in [0.3, 0.4) is 0 Å². The molecule has 7 nitrogen and oxygen atoms in total. The van der Waals surface area contributed by atoms with Crippen LogP contribution in [0.25, 0.3) is 11.3 Å². The topological polar surface area (TPSA) is 85.2 Å². The zero-order valence-electron chi connectivity index (χ0n) is 23.1. The molecular weight excluding hydrogens is 496 g/mol. The molecule has 2 heterocycles. The van der Waals surface area contributed by atoms with E-state index >= 15 is 0 Å². The number of thiazole rings is 1. The van der Waals surface area contributed by atoms with Crippen LogP contribution in [0, 0.1) is 0 Å². The number of amides is 2. The zero-order valence-corrected chi connectivity index (χ0v) is 23.9. The lowest BCUT2D eigenvalue weighted by Gasteiger charge is -2.07. The summed E-state index contributed by atoms with van der Waals surface area (Å²) in [5.41, 5.74) is 3.57. The van der Waals surface area contributed by atoms with Crippen LogP contribution in [0.1, 0.15) is 56.5 Å². The molecule has 2 aromatic heterocycles. The number of nitrogens with zero attached hydrogens (tertiary/aromatic N) is 2. The molecule has 0 aliphatic heterocycles. The summed E-state index contributed by atoms with van der Waals surface area (Å²) in [6.45, 7) is 13.1. The number of aryl methyl sites for hydroxylation is 1. The summed E-state index contributed by atoms with van der Waals surface area (Å²) in [5.74, 6) is 0.616. The highest BCUT2D eigenvalue weighted by Crippen LogP contribution is 2.25. The maximum atomic E-state index is 11.1. The average molecular weight is 537 g/mol. The van der Waals surface area contributed by atoms with E-state index in [4.69, 9.17) is 4.74 Å². The third-order valence-electron chi connectivity index (χ3n) is 4.75. The maximum Gasteiger partial charge on any atom is 0.252 e. The molecule has 0 saturated heterocycles. The number of benzene rings is 1. The first-order valence-corrected chi connectivity index (χ1v) is 13.6. The molecule has 0 radical (unpaired) electrons. The van der Waals surface area contributed by atoms with Gasteiger partial charge in [0.05, 0.1) is 11.3 Å². The zero-order chi connectivity index (χ0) is 28.2. The first kappa shape index (κ1) is 32.1. The largest absolute Gasteiger partial charge is 0.490 e. The van der Waals surface area contributed by atoms with Crippen molar-refractivity contribution in [3.05, 3.63) is 95.9 Å². The summed E-state index contributed by atoms with van der Waals surface area (Å²) >= 11 is 1.39. The summed E-state index contributed by atoms with van der Waals surface area (Å²) in [6.07, 6.45) is 14.4. The van der Waals surface area contributed by atoms with Crippen molar-refractivity contribution in [3.63, 3.8) is 0 Å². The van der Waals surface area contributed by atoms with Crippen LogP contribution in [0.2, 0.25) is 0 Å². The fraction of sp³-hybridized carbons (Fsp3) is 0.300. The molecule has 0 unspecified atom stereocenters. The van der Waals surface area contributed by atoms with Crippen molar-refractivity contribution in [3.8, 4) is 11.3 Å². The van der Waals surface area contributed by atoms with Crippen LogP contribution in [-0.2, 0) is 23.2 Å². The second-order valence-corrected chi connectivity index (χ2v) is 8.61. The molecule has 3 aromatic rings. The number of allylic oxidation sites excluding steroid dienone is 4. The number of carbonyl (C=O) groups is 2. The number of carbonyl (C=O) groups excluding carboxylic acids is 2. The molecule has 0 fully saturated rings. The van der Waals surface area contributed by atoms with E-state index in [1.807, 2.05) is 86.5 Å². The van der Waals surface area contributed by atoms with Crippen molar-refractivity contribution >= 4 is 28.8 Å². The highest BCUT2D eigenvalue weighted by molar-refractivity contribution is 7.14. The van der Waals surface area contributed by atoms with Gasteiger partial charge in [-0.2, -0.15) is 0 Å². The molecule has 8 heteroatoms. The van der Waals surface area contributed by atoms with Gasteiger partial charge in [0, 0.05) is 36.9 Å². The number of anilines is 1. The van der Waals surface area contributed by atoms with E-state index in [0.29, 0.717) is 36.0 Å². The van der Waals surface area contributed by atoms with E-state index in [-0.39, 0.29) is 5.91 Å². The molecule has 0 bridgehead atoms. The molecule has 204 valence electrons. The molecule has 38 heavy (non-hydrogen) atoms. The number of hydrogen-bond donors (Lipinski definition) is 2. The Labute approximate surface area is 231 Å². The molecular formula is C30H40N4O3S. The van der Waals surface area contributed by atoms with Gasteiger partial charge in [-0.25, -0.2) is 4.98 Å². The SMILES string of the molecule is C=C(/C=C\C=C/CCC)OCc1cccc(-c2csc(NC=O)n2)c1.CC.CCNC(=O)c1ccn(C)c1. The Kier molecular flexibility index (Phi) is 16.3. The second-order valence-electron chi connectivity index (χ2n) is 7.76. The van der Waals surface area contributed by atoms with Crippen LogP contribution in [0.5, 0.6) is 0 Å². The third-order valence-corrected chi connectivity index (χ3v) is 5.52. The molecule has 0 spiro atoms. The van der Waals surface area contributed by atoms with Crippen molar-refractivity contribution < 1.29 is 14.3 Å². The first-order valence-electron chi connectivity index (χ1n) is 12.8. The smallest absolute Gasteiger partial charge is 0.252 e. The number of unbranched alkanes of at least 4 members (excludes halogenated alkanes) is 1. The third kappa shape index (κ3) is 12.4. The van der Waals surface area contributed by atoms with Gasteiger partial charge in [0.15, 0.2) is 5.13 Å². The summed E-state index contributed by atoms with van der Waals surface area (Å²) in [6, 6.07) is 9.77. The summed E-state index contributed by atoms with van der Waals surface area (Å²) in [5, 5.41) is 7.78. The Hall–Kier alpha value is -3.91. The number of aromatic nitrogens is 2. The van der Waals surface area contributed by atoms with Gasteiger partial charge in [0.1, 0.15) is 12.4 Å². The Morgan fingerprint density at radius 3 is 2.66 bits per heavy atom. The van der Waals surface area contributed by atoms with E-state index in [0.717, 1.165) is 29.7 Å². The molecule has 2 N–H and O–H groups in total. The standard InChI is InChI=1S/C20H22N2O2S.C8H12N2O.C2H6/c1-3-4-5-6-7-9-16(2)24-13-17-10-8-11-18(12-17)19-14-25-20(22-19)21-15-23;1-3-9-8(11)7-4-5-10(2)6-7;1-2/h5-12,14-15H,2-4,13H2,1H3,(H,21,22,23);4-6H,3H2,1-2H3,(H,9,11);1-2H3/b6-5-,9-7-;;. The quantitative estimate of drug-likeness (QED) is 0.147. The Morgan fingerprint density at radius 2 is 2.00 bits per heavy atom. The minimum absolute atomic E-state index is 0.00639. The monoisotopic (exact) mass is 536 g/mol. The number of ether oxygens (including phenoxy) is 1. The fourth-order valence-electron chi connectivity index (χ4n) is 2.97. The van der Waals surface area contributed by atoms with Gasteiger partial charge >= 0.3 is 0 Å². The maximum absolute atomic E-state index is 11.1. The lowest BCUT2D eigenvalue weighted by molar-refractivity contribution is -0.105. The van der Waals surface area contributed by atoms with E-state index in [9.17, 15) is 9.59 Å². The predicted molar refractivity (Wildman–Crippen MR) is 159 cm³/mol. The van der Waals surface area contributed by atoms with Crippen LogP contribution in [-0.4, -0.2) is 28.4 Å². The highest BCUT2D eigenvalue weighted by Gasteiger charge is 2.05. The van der Waals surface area contributed by atoms with Crippen molar-refractivity contribution in [2.75, 3.05) is 11.9 Å². The minimum atomic E-state index is -0.00639. The fourth-order valence-corrected chi connectivity index (χ4v) is 3.65. The molecule has 0 aliphatic rings. The molecule has 0 atom stereocenters. The van der Waals surface area contributed by atoms with Gasteiger partial charge < -0.3 is 19.9 Å². The molecule has 0 saturated carbocycles. The van der Waals surface area contributed by atoms with Crippen LogP contribution < -0.4 is 10.6 Å². The Morgan fingerprint density at radius 1 is 1.21 bits per heavy atom. The summed E-state index contributed by atoms with van der Waals surface area (Å²) in [7, 11) is 1.89. The first-order chi connectivity index (χ1) is 18.5. The number of hydrogen-bond acceptors (Lipinski definition) is 5. The van der Waals surface area contributed by atoms with Gasteiger partial charge in [0.2, 0.25) is 6.41 Å². The van der Waals surface area contributed by atoms with Crippen molar-refractivity contribution in [2.45, 2.75) is 47.1 Å². The normalized spacial score (nSPS) is 10.2. The van der Waals surface area contributed by atoms with Gasteiger partial charge in [-0.05, 0) is 37.1 Å². The van der Waals surface area contributed by atoms with Crippen LogP contribution >= 0.6 is 11.3 Å².